The van der Waals surface area contributed by atoms with Crippen LogP contribution in [-0.2, 0) is 69.8 Å². The van der Waals surface area contributed by atoms with E-state index in [2.05, 4.69) is 12.1 Å². The van der Waals surface area contributed by atoms with Crippen molar-refractivity contribution in [3.63, 3.8) is 0 Å². The van der Waals surface area contributed by atoms with Crippen molar-refractivity contribution in [2.75, 3.05) is 24.1 Å². The molecule has 0 spiro atoms. The minimum atomic E-state index is -4.75. The average molecular weight is 1200 g/mol. The predicted molar refractivity (Wildman–Crippen MR) is 289 cm³/mol. The Morgan fingerprint density at radius 2 is 1.06 bits per heavy atom. The van der Waals surface area contributed by atoms with E-state index in [9.17, 15) is 61.5 Å². The number of rotatable bonds is 11. The maximum absolute atomic E-state index is 14.4. The first-order chi connectivity index (χ1) is 37.0. The molecule has 0 N–H and O–H groups in total. The highest BCUT2D eigenvalue weighted by atomic mass is 35.7. The number of hydrogen-bond acceptors (Lipinski definition) is 8. The second-order valence-electron chi connectivity index (χ2n) is 18.1. The lowest BCUT2D eigenvalue weighted by Crippen LogP contribution is -2.43. The lowest BCUT2D eigenvalue weighted by atomic mass is 9.83. The topological polar surface area (TPSA) is 124 Å². The molecule has 2 atom stereocenters. The van der Waals surface area contributed by atoms with Gasteiger partial charge in [-0.2, -0.15) is 26.3 Å². The number of ether oxygens (including phenoxy) is 2. The molecule has 79 heavy (non-hydrogen) atoms. The SMILES string of the molecule is CCOC(=O)C1CCc2cc(/C=C(\C)c3c(F)cccc3Cl)ccc2C1.CCOC(=O)C1Cc2ccc(/C=C(\C)c3c(F)cccc3Cl)cc2N(S(=O)(=O)c2cccc(C(F)(F)F)c2)C1.O=S(=O)(Cl)c1cccc(C(F)(F)F)c1. The van der Waals surface area contributed by atoms with E-state index in [1.54, 1.807) is 56.3 Å². The highest BCUT2D eigenvalue weighted by Gasteiger charge is 2.39. The molecule has 9 nitrogen and oxygen atoms in total. The molecular formula is C57H50Cl3F8NO8S2. The van der Waals surface area contributed by atoms with E-state index in [1.165, 1.54) is 29.3 Å². The van der Waals surface area contributed by atoms with Crippen LogP contribution in [0.4, 0.5) is 40.8 Å². The van der Waals surface area contributed by atoms with Crippen molar-refractivity contribution in [2.24, 2.45) is 11.8 Å². The number of halogens is 11. The van der Waals surface area contributed by atoms with Crippen LogP contribution in [0.25, 0.3) is 23.3 Å². The fraction of sp³-hybridized carbons (Fsp3) is 0.263. The number of esters is 2. The Kier molecular flexibility index (Phi) is 20.3. The molecule has 0 saturated carbocycles. The van der Waals surface area contributed by atoms with Gasteiger partial charge in [0.15, 0.2) is 0 Å². The van der Waals surface area contributed by atoms with Crippen molar-refractivity contribution < 1.29 is 71.0 Å². The molecule has 1 heterocycles. The van der Waals surface area contributed by atoms with Gasteiger partial charge in [-0.15, -0.1) is 0 Å². The van der Waals surface area contributed by atoms with Gasteiger partial charge in [0.2, 0.25) is 0 Å². The summed E-state index contributed by atoms with van der Waals surface area (Å²) >= 11 is 12.3. The van der Waals surface area contributed by atoms with Gasteiger partial charge in [-0.05, 0) is 159 Å². The molecule has 420 valence electrons. The van der Waals surface area contributed by atoms with Crippen LogP contribution < -0.4 is 4.31 Å². The predicted octanol–water partition coefficient (Wildman–Crippen LogP) is 15.3. The van der Waals surface area contributed by atoms with Crippen LogP contribution in [0, 0.1) is 23.5 Å². The van der Waals surface area contributed by atoms with Gasteiger partial charge in [-0.1, -0.05) is 90.0 Å². The van der Waals surface area contributed by atoms with Crippen molar-refractivity contribution in [1.29, 1.82) is 0 Å². The average Bonchev–Trinajstić information content (AvgIpc) is 3.40. The van der Waals surface area contributed by atoms with Gasteiger partial charge in [-0.25, -0.2) is 25.6 Å². The summed E-state index contributed by atoms with van der Waals surface area (Å²) < 4.78 is 165. The van der Waals surface area contributed by atoms with Crippen LogP contribution in [0.2, 0.25) is 10.0 Å². The number of carbonyl (C=O) groups excluding carboxylic acids is 2. The van der Waals surface area contributed by atoms with Crippen LogP contribution in [-0.4, -0.2) is 48.5 Å². The van der Waals surface area contributed by atoms with E-state index in [0.717, 1.165) is 71.1 Å². The Morgan fingerprint density at radius 3 is 1.56 bits per heavy atom. The van der Waals surface area contributed by atoms with Gasteiger partial charge in [0, 0.05) is 28.4 Å². The number of alkyl halides is 6. The summed E-state index contributed by atoms with van der Waals surface area (Å²) in [6.07, 6.45) is -3.21. The van der Waals surface area contributed by atoms with Gasteiger partial charge < -0.3 is 9.47 Å². The zero-order valence-electron chi connectivity index (χ0n) is 42.5. The van der Waals surface area contributed by atoms with Crippen molar-refractivity contribution in [1.82, 2.24) is 0 Å². The number of aryl methyl sites for hydroxylation is 1. The number of benzene rings is 6. The molecular weight excluding hydrogens is 1150 g/mol. The standard InChI is InChI=1S/C28H24ClF4NO4S.C22H22ClFO2.C7H4ClF3O2S/c1-3-38-27(35)20-14-19-11-10-18(12-17(2)26-23(29)8-5-9-24(26)30)13-25(19)34(16-20)39(36,37)22-7-4-6-21(15-22)28(31,32)33;1-3-26-22(25)18-10-9-16-12-15(7-8-17(16)13-18)11-14(2)21-19(23)5-4-6-20(21)24;8-14(12,13)6-3-1-2-5(4-6)7(9,10)11/h4-13,15,20H,3,14,16H2,1-2H3;4-8,11-12,18H,3,9-10,13H2,1-2H3;1-4H/b17-12+;14-11+;. The smallest absolute Gasteiger partial charge is 0.416 e. The zero-order chi connectivity index (χ0) is 58.2. The number of fused-ring (bicyclic) bond motifs is 2. The summed E-state index contributed by atoms with van der Waals surface area (Å²) in [4.78, 5) is 23.4. The molecule has 0 fully saturated rings. The van der Waals surface area contributed by atoms with E-state index >= 15 is 0 Å². The second-order valence-corrected chi connectivity index (χ2v) is 23.4. The van der Waals surface area contributed by atoms with Crippen LogP contribution in [0.1, 0.15) is 84.2 Å². The molecule has 6 aromatic rings. The summed E-state index contributed by atoms with van der Waals surface area (Å²) in [7, 11) is -3.75. The largest absolute Gasteiger partial charge is 0.466 e. The molecule has 1 aliphatic heterocycles. The lowest BCUT2D eigenvalue weighted by Gasteiger charge is -2.34. The van der Waals surface area contributed by atoms with Gasteiger partial charge >= 0.3 is 24.3 Å². The monoisotopic (exact) mass is 1200 g/mol. The molecule has 22 heteroatoms. The molecule has 0 bridgehead atoms. The molecule has 0 radical (unpaired) electrons. The van der Waals surface area contributed by atoms with Crippen LogP contribution in [0.15, 0.2) is 131 Å². The Bertz CT molecular complexity index is 3490. The molecule has 0 aromatic heterocycles. The van der Waals surface area contributed by atoms with Gasteiger partial charge in [0.25, 0.3) is 19.1 Å². The number of sulfonamides is 1. The minimum absolute atomic E-state index is 0.0530. The number of anilines is 1. The Labute approximate surface area is 466 Å². The van der Waals surface area contributed by atoms with Crippen molar-refractivity contribution in [3.05, 3.63) is 193 Å². The fourth-order valence-electron chi connectivity index (χ4n) is 8.85. The number of carbonyl (C=O) groups is 2. The van der Waals surface area contributed by atoms with E-state index in [1.807, 2.05) is 26.0 Å². The fourth-order valence-corrected chi connectivity index (χ4v) is 11.9. The van der Waals surface area contributed by atoms with Crippen molar-refractivity contribution >= 4 is 93.9 Å². The van der Waals surface area contributed by atoms with Crippen LogP contribution >= 0.6 is 33.9 Å². The molecule has 2 unspecified atom stereocenters. The first kappa shape index (κ1) is 62.0. The summed E-state index contributed by atoms with van der Waals surface area (Å²) in [5.41, 5.74) is 4.37. The maximum atomic E-state index is 14.4. The first-order valence-electron chi connectivity index (χ1n) is 24.2. The molecule has 1 aliphatic carbocycles. The zero-order valence-corrected chi connectivity index (χ0v) is 46.4. The van der Waals surface area contributed by atoms with Gasteiger partial charge in [-0.3, -0.25) is 13.9 Å². The minimum Gasteiger partial charge on any atom is -0.466 e. The van der Waals surface area contributed by atoms with Gasteiger partial charge in [0.05, 0.1) is 61.7 Å². The summed E-state index contributed by atoms with van der Waals surface area (Å²) in [5.74, 6) is -2.48. The number of hydrogen-bond donors (Lipinski definition) is 0. The third-order valence-corrected chi connectivity index (χ3v) is 16.4. The number of nitrogens with zero attached hydrogens (tertiary/aromatic N) is 1. The Hall–Kier alpha value is -6.25. The van der Waals surface area contributed by atoms with Crippen molar-refractivity contribution in [2.45, 2.75) is 75.5 Å². The lowest BCUT2D eigenvalue weighted by molar-refractivity contribution is -0.149. The molecule has 0 saturated heterocycles. The van der Waals surface area contributed by atoms with E-state index in [-0.39, 0.29) is 53.6 Å². The Morgan fingerprint density at radius 1 is 0.608 bits per heavy atom. The molecule has 2 aliphatic rings. The van der Waals surface area contributed by atoms with E-state index in [0.29, 0.717) is 46.0 Å². The van der Waals surface area contributed by atoms with Crippen LogP contribution in [0.3, 0.4) is 0 Å². The highest BCUT2D eigenvalue weighted by Crippen LogP contribution is 2.39. The van der Waals surface area contributed by atoms with E-state index < -0.39 is 70.0 Å². The normalized spacial score (nSPS) is 15.8. The Balaban J connectivity index is 0.000000215. The first-order valence-corrected chi connectivity index (χ1v) is 28.7. The summed E-state index contributed by atoms with van der Waals surface area (Å²) in [6, 6.07) is 26.7. The number of allylic oxidation sites excluding steroid dienone is 2. The summed E-state index contributed by atoms with van der Waals surface area (Å²) in [5, 5.41) is 0.613. The molecule has 6 aromatic carbocycles. The molecule has 8 rings (SSSR count). The van der Waals surface area contributed by atoms with Crippen LogP contribution in [0.5, 0.6) is 0 Å². The summed E-state index contributed by atoms with van der Waals surface area (Å²) in [6.45, 7) is 7.15. The third-order valence-electron chi connectivity index (χ3n) is 12.6. The second kappa shape index (κ2) is 25.9. The van der Waals surface area contributed by atoms with E-state index in [4.69, 9.17) is 43.4 Å². The maximum Gasteiger partial charge on any atom is 0.416 e. The molecule has 0 amide bonds. The third kappa shape index (κ3) is 15.8. The van der Waals surface area contributed by atoms with Crippen molar-refractivity contribution in [3.8, 4) is 0 Å². The quantitative estimate of drug-likeness (QED) is 0.0544. The van der Waals surface area contributed by atoms with Gasteiger partial charge in [0.1, 0.15) is 11.6 Å². The highest BCUT2D eigenvalue weighted by molar-refractivity contribution is 8.13.